The van der Waals surface area contributed by atoms with Crippen molar-refractivity contribution in [1.29, 1.82) is 0 Å². The van der Waals surface area contributed by atoms with Gasteiger partial charge in [0, 0.05) is 6.54 Å². The predicted octanol–water partition coefficient (Wildman–Crippen LogP) is -0.435. The molecule has 0 radical (unpaired) electrons. The van der Waals surface area contributed by atoms with Gasteiger partial charge in [-0.05, 0) is 32.1 Å². The molecule has 3 aliphatic rings. The number of hydrogen-bond acceptors (Lipinski definition) is 3. The predicted molar refractivity (Wildman–Crippen MR) is 43.9 cm³/mol. The summed E-state index contributed by atoms with van der Waals surface area (Å²) in [7, 11) is 0. The van der Waals surface area contributed by atoms with E-state index in [-0.39, 0.29) is 0 Å². The summed E-state index contributed by atoms with van der Waals surface area (Å²) < 4.78 is 0. The third kappa shape index (κ3) is 1.12. The fourth-order valence-corrected chi connectivity index (χ4v) is 2.58. The zero-order valence-electron chi connectivity index (χ0n) is 7.69. The molecule has 1 amide bonds. The number of nitrogens with zero attached hydrogens (tertiary/aromatic N) is 1. The maximum atomic E-state index is 10.8. The van der Waals surface area contributed by atoms with Crippen molar-refractivity contribution in [3.63, 3.8) is 0 Å². The molecule has 74 valence electrons. The normalized spacial score (nSPS) is 43.7. The van der Waals surface area contributed by atoms with Crippen molar-refractivity contribution in [2.24, 2.45) is 5.92 Å². The van der Waals surface area contributed by atoms with Gasteiger partial charge in [0.2, 0.25) is 0 Å². The number of fused-ring (bicyclic) bond motifs is 3. The van der Waals surface area contributed by atoms with Crippen molar-refractivity contribution in [1.82, 2.24) is 4.90 Å². The molecule has 4 heteroatoms. The van der Waals surface area contributed by atoms with Crippen LogP contribution in [0.25, 0.3) is 0 Å². The Bertz CT molecular complexity index is 243. The minimum atomic E-state index is -1.15. The molecule has 1 aliphatic carbocycles. The Morgan fingerprint density at radius 3 is 2.85 bits per heavy atom. The maximum absolute atomic E-state index is 10.8. The van der Waals surface area contributed by atoms with Crippen LogP contribution in [0.15, 0.2) is 0 Å². The summed E-state index contributed by atoms with van der Waals surface area (Å²) in [5, 5.41) is 20.5. The molecule has 3 atom stereocenters. The number of carboxylic acid groups (broad SMARTS) is 1. The second kappa shape index (κ2) is 2.61. The van der Waals surface area contributed by atoms with Gasteiger partial charge in [-0.25, -0.2) is 0 Å². The van der Waals surface area contributed by atoms with Crippen molar-refractivity contribution in [2.45, 2.75) is 37.8 Å². The quantitative estimate of drug-likeness (QED) is 0.555. The van der Waals surface area contributed by atoms with Gasteiger partial charge in [-0.3, -0.25) is 0 Å². The number of aliphatic hydroxyl groups excluding tert-OH is 1. The third-order valence-corrected chi connectivity index (χ3v) is 3.61. The molecule has 2 heterocycles. The highest BCUT2D eigenvalue weighted by atomic mass is 16.4. The molecule has 3 fully saturated rings. The summed E-state index contributed by atoms with van der Waals surface area (Å²) in [6.45, 7) is 2.35. The monoisotopic (exact) mass is 184 g/mol. The lowest BCUT2D eigenvalue weighted by atomic mass is 9.70. The van der Waals surface area contributed by atoms with Crippen LogP contribution in [0.3, 0.4) is 0 Å². The topological polar surface area (TPSA) is 63.6 Å². The maximum Gasteiger partial charge on any atom is 0.137 e. The molecule has 2 saturated heterocycles. The molecule has 4 nitrogen and oxygen atoms in total. The summed E-state index contributed by atoms with van der Waals surface area (Å²) in [4.78, 5) is 12.1. The second-order valence-corrected chi connectivity index (χ2v) is 4.39. The molecule has 0 aromatic rings. The molecular formula is C9H14NO3-. The smallest absolute Gasteiger partial charge is 0.137 e. The summed E-state index contributed by atoms with van der Waals surface area (Å²) in [5.74, 6) is 0.328. The second-order valence-electron chi connectivity index (χ2n) is 4.39. The number of aliphatic hydroxyl groups is 1. The fourth-order valence-electron chi connectivity index (χ4n) is 2.58. The zero-order chi connectivity index (χ0) is 9.64. The molecule has 1 saturated carbocycles. The molecule has 0 aromatic heterocycles. The van der Waals surface area contributed by atoms with E-state index in [1.807, 2.05) is 6.92 Å². The van der Waals surface area contributed by atoms with E-state index in [0.717, 1.165) is 19.3 Å². The average molecular weight is 184 g/mol. The minimum Gasteiger partial charge on any atom is -0.530 e. The van der Waals surface area contributed by atoms with E-state index >= 15 is 0 Å². The van der Waals surface area contributed by atoms with Gasteiger partial charge in [-0.2, -0.15) is 0 Å². The van der Waals surface area contributed by atoms with Gasteiger partial charge in [0.15, 0.2) is 0 Å². The van der Waals surface area contributed by atoms with E-state index in [1.165, 1.54) is 4.90 Å². The van der Waals surface area contributed by atoms with E-state index in [9.17, 15) is 15.0 Å². The first-order chi connectivity index (χ1) is 6.04. The van der Waals surface area contributed by atoms with Crippen LogP contribution >= 0.6 is 0 Å². The van der Waals surface area contributed by atoms with Crippen molar-refractivity contribution in [3.8, 4) is 0 Å². The number of hydrogen-bond donors (Lipinski definition) is 1. The van der Waals surface area contributed by atoms with Gasteiger partial charge in [0.1, 0.15) is 6.09 Å². The van der Waals surface area contributed by atoms with Gasteiger partial charge in [0.05, 0.1) is 11.6 Å². The van der Waals surface area contributed by atoms with Crippen LogP contribution < -0.4 is 5.11 Å². The van der Waals surface area contributed by atoms with Crippen LogP contribution in [0, 0.1) is 5.92 Å². The summed E-state index contributed by atoms with van der Waals surface area (Å²) in [6.07, 6.45) is 0.855. The van der Waals surface area contributed by atoms with Crippen molar-refractivity contribution in [3.05, 3.63) is 0 Å². The van der Waals surface area contributed by atoms with Crippen LogP contribution in [0.2, 0.25) is 0 Å². The van der Waals surface area contributed by atoms with Gasteiger partial charge in [-0.15, -0.1) is 0 Å². The molecule has 3 rings (SSSR count). The highest BCUT2D eigenvalue weighted by Gasteiger charge is 2.48. The van der Waals surface area contributed by atoms with Crippen LogP contribution in [-0.4, -0.2) is 34.3 Å². The molecular weight excluding hydrogens is 170 g/mol. The molecule has 2 bridgehead atoms. The summed E-state index contributed by atoms with van der Waals surface area (Å²) in [6, 6.07) is 0. The Labute approximate surface area is 77.2 Å². The van der Waals surface area contributed by atoms with E-state index < -0.39 is 17.7 Å². The van der Waals surface area contributed by atoms with Crippen molar-refractivity contribution < 1.29 is 15.0 Å². The molecule has 2 aliphatic heterocycles. The third-order valence-electron chi connectivity index (χ3n) is 3.61. The summed E-state index contributed by atoms with van der Waals surface area (Å²) in [5.41, 5.74) is -0.590. The van der Waals surface area contributed by atoms with E-state index in [4.69, 9.17) is 0 Å². The lowest BCUT2D eigenvalue weighted by Gasteiger charge is -2.56. The number of carbonyl (C=O) groups excluding carboxylic acids is 1. The van der Waals surface area contributed by atoms with Crippen LogP contribution in [0.5, 0.6) is 0 Å². The van der Waals surface area contributed by atoms with E-state index in [0.29, 0.717) is 12.5 Å². The molecule has 0 aromatic carbocycles. The SMILES string of the molecule is CC12CCC(CC1O)CN2C(=O)[O-]. The van der Waals surface area contributed by atoms with Gasteiger partial charge >= 0.3 is 0 Å². The standard InChI is InChI=1S/C9H15NO3/c1-9-3-2-6(4-7(9)11)5-10(9)8(12)13/h6-7,11H,2-5H2,1H3,(H,12,13)/p-1. The molecule has 1 N–H and O–H groups in total. The van der Waals surface area contributed by atoms with Crippen molar-refractivity contribution in [2.75, 3.05) is 6.54 Å². The largest absolute Gasteiger partial charge is 0.530 e. The Morgan fingerprint density at radius 1 is 1.69 bits per heavy atom. The van der Waals surface area contributed by atoms with Gasteiger partial charge in [-0.1, -0.05) is 0 Å². The van der Waals surface area contributed by atoms with Gasteiger partial charge < -0.3 is 19.9 Å². The average Bonchev–Trinajstić information content (AvgIpc) is 2.06. The number of carbonyl (C=O) groups is 1. The molecule has 3 unspecified atom stereocenters. The Hall–Kier alpha value is -0.770. The first kappa shape index (κ1) is 8.81. The number of piperidine rings is 2. The number of amides is 1. The lowest BCUT2D eigenvalue weighted by Crippen LogP contribution is -2.67. The van der Waals surface area contributed by atoms with Crippen LogP contribution in [-0.2, 0) is 0 Å². The Kier molecular flexibility index (Phi) is 1.77. The number of rotatable bonds is 0. The summed E-state index contributed by atoms with van der Waals surface area (Å²) >= 11 is 0. The fraction of sp³-hybridized carbons (Fsp3) is 0.889. The molecule has 0 spiro atoms. The first-order valence-electron chi connectivity index (χ1n) is 4.71. The van der Waals surface area contributed by atoms with Gasteiger partial charge in [0.25, 0.3) is 0 Å². The van der Waals surface area contributed by atoms with Crippen molar-refractivity contribution >= 4 is 6.09 Å². The highest BCUT2D eigenvalue weighted by Crippen LogP contribution is 2.42. The van der Waals surface area contributed by atoms with E-state index in [1.54, 1.807) is 0 Å². The van der Waals surface area contributed by atoms with Crippen LogP contribution in [0.1, 0.15) is 26.2 Å². The zero-order valence-corrected chi connectivity index (χ0v) is 7.69. The first-order valence-corrected chi connectivity index (χ1v) is 4.71. The van der Waals surface area contributed by atoms with Crippen LogP contribution in [0.4, 0.5) is 4.79 Å². The van der Waals surface area contributed by atoms with E-state index in [2.05, 4.69) is 0 Å². The Morgan fingerprint density at radius 2 is 2.38 bits per heavy atom. The Balaban J connectivity index is 2.27. The lowest BCUT2D eigenvalue weighted by molar-refractivity contribution is -0.282. The molecule has 13 heavy (non-hydrogen) atoms. The highest BCUT2D eigenvalue weighted by molar-refractivity contribution is 5.64. The minimum absolute atomic E-state index is 0.328.